The van der Waals surface area contributed by atoms with Crippen molar-refractivity contribution in [2.24, 2.45) is 0 Å². The van der Waals surface area contributed by atoms with Crippen molar-refractivity contribution in [3.05, 3.63) is 65.7 Å². The fourth-order valence-corrected chi connectivity index (χ4v) is 2.18. The van der Waals surface area contributed by atoms with Gasteiger partial charge in [0, 0.05) is 6.54 Å². The van der Waals surface area contributed by atoms with Crippen LogP contribution in [-0.2, 0) is 6.42 Å². The first-order valence-corrected chi connectivity index (χ1v) is 7.74. The van der Waals surface area contributed by atoms with Crippen molar-refractivity contribution in [1.29, 1.82) is 0 Å². The molecule has 2 rings (SSSR count). The predicted octanol–water partition coefficient (Wildman–Crippen LogP) is 2.13. The summed E-state index contributed by atoms with van der Waals surface area (Å²) in [6, 6.07) is 16.5. The molecule has 120 valence electrons. The van der Waals surface area contributed by atoms with Crippen molar-refractivity contribution in [2.45, 2.75) is 12.8 Å². The van der Waals surface area contributed by atoms with Crippen LogP contribution in [0.1, 0.15) is 22.3 Å². The van der Waals surface area contributed by atoms with Gasteiger partial charge in [-0.25, -0.2) is 0 Å². The summed E-state index contributed by atoms with van der Waals surface area (Å²) in [7, 11) is 0. The number of nitrogens with one attached hydrogen (secondary N) is 3. The Balaban J connectivity index is 1.65. The molecule has 0 aliphatic rings. The first-order valence-electron chi connectivity index (χ1n) is 7.33. The van der Waals surface area contributed by atoms with Gasteiger partial charge in [-0.1, -0.05) is 42.5 Å². The predicted molar refractivity (Wildman–Crippen MR) is 94.1 cm³/mol. The summed E-state index contributed by atoms with van der Waals surface area (Å²) in [6.07, 6.45) is 1.89. The van der Waals surface area contributed by atoms with Crippen LogP contribution in [-0.4, -0.2) is 22.7 Å². The number of carbonyl (C=O) groups excluding carboxylic acids is 1. The highest BCUT2D eigenvalue weighted by molar-refractivity contribution is 7.80. The number of hydrogen-bond acceptors (Lipinski definition) is 3. The quantitative estimate of drug-likeness (QED) is 0.384. The molecule has 0 saturated carbocycles. The molecule has 0 atom stereocenters. The first kappa shape index (κ1) is 16.8. The van der Waals surface area contributed by atoms with Gasteiger partial charge in [0.2, 0.25) is 0 Å². The lowest BCUT2D eigenvalue weighted by Crippen LogP contribution is -2.47. The zero-order chi connectivity index (χ0) is 16.5. The Bertz CT molecular complexity index is 662. The number of phenols is 1. The van der Waals surface area contributed by atoms with Crippen LogP contribution in [0.2, 0.25) is 0 Å². The number of hydrazine groups is 1. The number of amides is 1. The van der Waals surface area contributed by atoms with Gasteiger partial charge in [-0.15, -0.1) is 0 Å². The molecule has 0 fully saturated rings. The summed E-state index contributed by atoms with van der Waals surface area (Å²) < 4.78 is 0. The van der Waals surface area contributed by atoms with Crippen LogP contribution in [0, 0.1) is 0 Å². The van der Waals surface area contributed by atoms with Crippen LogP contribution >= 0.6 is 12.2 Å². The zero-order valence-corrected chi connectivity index (χ0v) is 13.4. The van der Waals surface area contributed by atoms with E-state index in [1.165, 1.54) is 17.7 Å². The van der Waals surface area contributed by atoms with Crippen molar-refractivity contribution < 1.29 is 9.90 Å². The third kappa shape index (κ3) is 5.60. The summed E-state index contributed by atoms with van der Waals surface area (Å²) in [6.45, 7) is 0.702. The molecule has 6 heteroatoms. The molecule has 2 aromatic carbocycles. The molecular weight excluding hydrogens is 310 g/mol. The molecule has 4 N–H and O–H groups in total. The van der Waals surface area contributed by atoms with Crippen molar-refractivity contribution in [3.63, 3.8) is 0 Å². The van der Waals surface area contributed by atoms with Crippen LogP contribution in [0.15, 0.2) is 54.6 Å². The van der Waals surface area contributed by atoms with Gasteiger partial charge in [0.05, 0.1) is 5.56 Å². The van der Waals surface area contributed by atoms with Gasteiger partial charge in [0.15, 0.2) is 5.11 Å². The smallest absolute Gasteiger partial charge is 0.273 e. The van der Waals surface area contributed by atoms with Gasteiger partial charge in [-0.3, -0.25) is 15.6 Å². The molecule has 0 radical (unpaired) electrons. The Hall–Kier alpha value is -2.60. The number of para-hydroxylation sites is 1. The third-order valence-electron chi connectivity index (χ3n) is 3.21. The third-order valence-corrected chi connectivity index (χ3v) is 3.46. The molecule has 0 spiro atoms. The van der Waals surface area contributed by atoms with Crippen molar-refractivity contribution in [1.82, 2.24) is 16.2 Å². The van der Waals surface area contributed by atoms with Gasteiger partial charge >= 0.3 is 0 Å². The molecule has 0 aromatic heterocycles. The Kier molecular flexibility index (Phi) is 6.38. The molecule has 0 aliphatic heterocycles. The van der Waals surface area contributed by atoms with Gasteiger partial charge < -0.3 is 10.4 Å². The highest BCUT2D eigenvalue weighted by Gasteiger charge is 2.09. The van der Waals surface area contributed by atoms with Crippen LogP contribution in [0.3, 0.4) is 0 Å². The molecule has 0 aliphatic carbocycles. The Morgan fingerprint density at radius 1 is 1.00 bits per heavy atom. The lowest BCUT2D eigenvalue weighted by molar-refractivity contribution is 0.0941. The normalized spacial score (nSPS) is 9.91. The second-order valence-electron chi connectivity index (χ2n) is 4.94. The number of aryl methyl sites for hydroxylation is 1. The van der Waals surface area contributed by atoms with Crippen LogP contribution in [0.25, 0.3) is 0 Å². The number of benzene rings is 2. The molecular formula is C17H19N3O2S. The molecule has 1 amide bonds. The Labute approximate surface area is 140 Å². The number of phenolic OH excluding ortho intramolecular Hbond substituents is 1. The molecule has 0 saturated heterocycles. The largest absolute Gasteiger partial charge is 0.507 e. The van der Waals surface area contributed by atoms with E-state index >= 15 is 0 Å². The first-order chi connectivity index (χ1) is 11.2. The standard InChI is InChI=1S/C17H19N3O2S/c21-15-11-5-4-10-14(15)16(22)19-20-17(23)18-12-6-9-13-7-2-1-3-8-13/h1-5,7-8,10-11,21H,6,9,12H2,(H,19,22)(H2,18,20,23). The Morgan fingerprint density at radius 2 is 1.70 bits per heavy atom. The average Bonchev–Trinajstić information content (AvgIpc) is 2.58. The molecule has 0 heterocycles. The molecule has 5 nitrogen and oxygen atoms in total. The highest BCUT2D eigenvalue weighted by Crippen LogP contribution is 2.14. The van der Waals surface area contributed by atoms with Crippen LogP contribution in [0.5, 0.6) is 5.75 Å². The molecule has 0 unspecified atom stereocenters. The van der Waals surface area contributed by atoms with E-state index < -0.39 is 5.91 Å². The number of hydrogen-bond donors (Lipinski definition) is 4. The maximum Gasteiger partial charge on any atom is 0.273 e. The number of thiocarbonyl (C=S) groups is 1. The van der Waals surface area contributed by atoms with E-state index in [-0.39, 0.29) is 11.3 Å². The lowest BCUT2D eigenvalue weighted by Gasteiger charge is -2.12. The lowest BCUT2D eigenvalue weighted by atomic mass is 10.1. The van der Waals surface area contributed by atoms with E-state index in [1.807, 2.05) is 18.2 Å². The van der Waals surface area contributed by atoms with Gasteiger partial charge in [-0.05, 0) is 42.8 Å². The second kappa shape index (κ2) is 8.75. The number of carbonyl (C=O) groups is 1. The van der Waals surface area contributed by atoms with E-state index in [1.54, 1.807) is 12.1 Å². The van der Waals surface area contributed by atoms with Crippen molar-refractivity contribution in [3.8, 4) is 5.75 Å². The maximum absolute atomic E-state index is 11.9. The fourth-order valence-electron chi connectivity index (χ4n) is 2.03. The molecule has 2 aromatic rings. The number of rotatable bonds is 5. The average molecular weight is 329 g/mol. The molecule has 0 bridgehead atoms. The summed E-state index contributed by atoms with van der Waals surface area (Å²) in [4.78, 5) is 11.9. The number of aromatic hydroxyl groups is 1. The van der Waals surface area contributed by atoms with E-state index in [4.69, 9.17) is 12.2 Å². The van der Waals surface area contributed by atoms with Crippen molar-refractivity contribution in [2.75, 3.05) is 6.54 Å². The van der Waals surface area contributed by atoms with Crippen LogP contribution in [0.4, 0.5) is 0 Å². The minimum Gasteiger partial charge on any atom is -0.507 e. The van der Waals surface area contributed by atoms with Gasteiger partial charge in [0.25, 0.3) is 5.91 Å². The van der Waals surface area contributed by atoms with E-state index in [9.17, 15) is 9.90 Å². The summed E-state index contributed by atoms with van der Waals surface area (Å²) in [5.41, 5.74) is 6.53. The SMILES string of the molecule is O=C(NNC(=S)NCCCc1ccccc1)c1ccccc1O. The van der Waals surface area contributed by atoms with E-state index in [2.05, 4.69) is 28.3 Å². The Morgan fingerprint density at radius 3 is 2.43 bits per heavy atom. The topological polar surface area (TPSA) is 73.4 Å². The summed E-state index contributed by atoms with van der Waals surface area (Å²) in [5, 5.41) is 12.9. The summed E-state index contributed by atoms with van der Waals surface area (Å²) in [5.74, 6) is -0.523. The van der Waals surface area contributed by atoms with Crippen molar-refractivity contribution >= 4 is 23.2 Å². The maximum atomic E-state index is 11.9. The van der Waals surface area contributed by atoms with E-state index in [0.29, 0.717) is 11.7 Å². The highest BCUT2D eigenvalue weighted by atomic mass is 32.1. The minimum absolute atomic E-state index is 0.0754. The summed E-state index contributed by atoms with van der Waals surface area (Å²) >= 11 is 5.09. The minimum atomic E-state index is -0.448. The fraction of sp³-hybridized carbons (Fsp3) is 0.176. The second-order valence-corrected chi connectivity index (χ2v) is 5.35. The van der Waals surface area contributed by atoms with Gasteiger partial charge in [-0.2, -0.15) is 0 Å². The van der Waals surface area contributed by atoms with Crippen LogP contribution < -0.4 is 16.2 Å². The van der Waals surface area contributed by atoms with E-state index in [0.717, 1.165) is 12.8 Å². The molecule has 23 heavy (non-hydrogen) atoms. The monoisotopic (exact) mass is 329 g/mol. The van der Waals surface area contributed by atoms with Gasteiger partial charge in [0.1, 0.15) is 5.75 Å². The zero-order valence-electron chi connectivity index (χ0n) is 12.6.